The lowest BCUT2D eigenvalue weighted by Crippen LogP contribution is -2.30. The maximum atomic E-state index is 12.0. The smallest absolute Gasteiger partial charge is 0.340 e. The van der Waals surface area contributed by atoms with Gasteiger partial charge in [0.2, 0.25) is 0 Å². The summed E-state index contributed by atoms with van der Waals surface area (Å²) in [6, 6.07) is 6.81. The van der Waals surface area contributed by atoms with Crippen LogP contribution < -0.4 is 10.6 Å². The number of ether oxygens (including phenoxy) is 1. The van der Waals surface area contributed by atoms with E-state index in [0.717, 1.165) is 6.42 Å². The van der Waals surface area contributed by atoms with Crippen LogP contribution in [0.5, 0.6) is 0 Å². The van der Waals surface area contributed by atoms with E-state index < -0.39 is 5.97 Å². The molecule has 0 aliphatic carbocycles. The predicted octanol–water partition coefficient (Wildman–Crippen LogP) is 1.41. The van der Waals surface area contributed by atoms with Gasteiger partial charge in [0.1, 0.15) is 0 Å². The van der Waals surface area contributed by atoms with E-state index in [4.69, 9.17) is 9.84 Å². The summed E-state index contributed by atoms with van der Waals surface area (Å²) >= 11 is 0. The van der Waals surface area contributed by atoms with Crippen molar-refractivity contribution in [2.24, 2.45) is 5.92 Å². The Bertz CT molecular complexity index is 489. The molecule has 0 unspecified atom stereocenters. The molecule has 1 aromatic carbocycles. The minimum absolute atomic E-state index is 0.0400. The summed E-state index contributed by atoms with van der Waals surface area (Å²) in [5.41, 5.74) is 0.910. The molecular formula is C16H24N2O4. The largest absolute Gasteiger partial charge is 0.452 e. The number of carbonyl (C=O) groups is 2. The number of hydrogen-bond donors (Lipinski definition) is 3. The number of anilines is 1. The lowest BCUT2D eigenvalue weighted by Gasteiger charge is -2.11. The van der Waals surface area contributed by atoms with Gasteiger partial charge in [-0.15, -0.1) is 0 Å². The number of carbonyl (C=O) groups excluding carboxylic acids is 2. The third-order valence-corrected chi connectivity index (χ3v) is 2.95. The summed E-state index contributed by atoms with van der Waals surface area (Å²) in [4.78, 5) is 23.6. The van der Waals surface area contributed by atoms with Crippen LogP contribution in [0.4, 0.5) is 5.69 Å². The molecule has 0 aromatic heterocycles. The summed E-state index contributed by atoms with van der Waals surface area (Å²) < 4.78 is 5.01. The van der Waals surface area contributed by atoms with Gasteiger partial charge in [-0.2, -0.15) is 0 Å². The average molecular weight is 308 g/mol. The number of aliphatic hydroxyl groups excluding tert-OH is 1. The minimum Gasteiger partial charge on any atom is -0.452 e. The maximum Gasteiger partial charge on any atom is 0.340 e. The molecule has 0 saturated heterocycles. The van der Waals surface area contributed by atoms with E-state index in [1.54, 1.807) is 24.3 Å². The van der Waals surface area contributed by atoms with Crippen LogP contribution in [0, 0.1) is 5.92 Å². The van der Waals surface area contributed by atoms with Crippen LogP contribution in [0.15, 0.2) is 24.3 Å². The molecule has 0 aliphatic heterocycles. The zero-order valence-corrected chi connectivity index (χ0v) is 13.1. The van der Waals surface area contributed by atoms with Gasteiger partial charge < -0.3 is 20.5 Å². The maximum absolute atomic E-state index is 12.0. The number of aliphatic hydroxyl groups is 1. The second-order valence-electron chi connectivity index (χ2n) is 5.30. The molecule has 0 heterocycles. The average Bonchev–Trinajstić information content (AvgIpc) is 2.50. The highest BCUT2D eigenvalue weighted by Gasteiger charge is 2.13. The fourth-order valence-corrected chi connectivity index (χ4v) is 1.77. The van der Waals surface area contributed by atoms with Crippen molar-refractivity contribution in [3.63, 3.8) is 0 Å². The Balaban J connectivity index is 2.46. The van der Waals surface area contributed by atoms with Crippen molar-refractivity contribution in [1.29, 1.82) is 0 Å². The van der Waals surface area contributed by atoms with Crippen molar-refractivity contribution in [3.8, 4) is 0 Å². The third-order valence-electron chi connectivity index (χ3n) is 2.95. The van der Waals surface area contributed by atoms with Crippen LogP contribution in [0.25, 0.3) is 0 Å². The molecule has 1 amide bonds. The number of para-hydroxylation sites is 1. The Morgan fingerprint density at radius 1 is 1.23 bits per heavy atom. The molecule has 122 valence electrons. The van der Waals surface area contributed by atoms with Crippen LogP contribution >= 0.6 is 0 Å². The highest BCUT2D eigenvalue weighted by atomic mass is 16.5. The standard InChI is InChI=1S/C16H24N2O4/c1-12(2)7-8-18-15(20)11-22-16(21)13-5-3-4-6-14(13)17-9-10-19/h3-6,12,17,19H,7-11H2,1-2H3,(H,18,20). The lowest BCUT2D eigenvalue weighted by atomic mass is 10.1. The van der Waals surface area contributed by atoms with Gasteiger partial charge in [-0.3, -0.25) is 4.79 Å². The van der Waals surface area contributed by atoms with Crippen LogP contribution in [0.2, 0.25) is 0 Å². The van der Waals surface area contributed by atoms with Gasteiger partial charge in [0.05, 0.1) is 12.2 Å². The predicted molar refractivity (Wildman–Crippen MR) is 84.8 cm³/mol. The van der Waals surface area contributed by atoms with Gasteiger partial charge in [-0.1, -0.05) is 26.0 Å². The van der Waals surface area contributed by atoms with Crippen LogP contribution in [0.1, 0.15) is 30.6 Å². The fourth-order valence-electron chi connectivity index (χ4n) is 1.77. The number of hydrogen-bond acceptors (Lipinski definition) is 5. The van der Waals surface area contributed by atoms with E-state index in [-0.39, 0.29) is 19.1 Å². The van der Waals surface area contributed by atoms with E-state index in [9.17, 15) is 9.59 Å². The van der Waals surface area contributed by atoms with Crippen molar-refractivity contribution in [3.05, 3.63) is 29.8 Å². The summed E-state index contributed by atoms with van der Waals surface area (Å²) in [5.74, 6) is -0.373. The second kappa shape index (κ2) is 9.78. The molecule has 6 heteroatoms. The Morgan fingerprint density at radius 2 is 1.95 bits per heavy atom. The molecule has 6 nitrogen and oxygen atoms in total. The molecule has 0 radical (unpaired) electrons. The van der Waals surface area contributed by atoms with Crippen molar-refractivity contribution in [1.82, 2.24) is 5.32 Å². The van der Waals surface area contributed by atoms with Crippen molar-refractivity contribution >= 4 is 17.6 Å². The zero-order chi connectivity index (χ0) is 16.4. The summed E-state index contributed by atoms with van der Waals surface area (Å²) in [6.45, 7) is 4.71. The zero-order valence-electron chi connectivity index (χ0n) is 13.1. The van der Waals surface area contributed by atoms with Gasteiger partial charge in [-0.25, -0.2) is 4.79 Å². The Morgan fingerprint density at radius 3 is 2.64 bits per heavy atom. The number of benzene rings is 1. The Labute approximate surface area is 130 Å². The molecule has 1 aromatic rings. The van der Waals surface area contributed by atoms with Gasteiger partial charge in [0.25, 0.3) is 5.91 Å². The molecule has 0 saturated carbocycles. The molecule has 0 fully saturated rings. The van der Waals surface area contributed by atoms with Crippen LogP contribution in [-0.4, -0.2) is 43.3 Å². The Hall–Kier alpha value is -2.08. The van der Waals surface area contributed by atoms with Crippen LogP contribution in [0.3, 0.4) is 0 Å². The van der Waals surface area contributed by atoms with E-state index in [2.05, 4.69) is 24.5 Å². The summed E-state index contributed by atoms with van der Waals surface area (Å²) in [7, 11) is 0. The molecule has 0 bridgehead atoms. The summed E-state index contributed by atoms with van der Waals surface area (Å²) in [5, 5.41) is 14.5. The molecular weight excluding hydrogens is 284 g/mol. The second-order valence-corrected chi connectivity index (χ2v) is 5.30. The highest BCUT2D eigenvalue weighted by molar-refractivity contribution is 5.96. The number of esters is 1. The lowest BCUT2D eigenvalue weighted by molar-refractivity contribution is -0.124. The van der Waals surface area contributed by atoms with E-state index >= 15 is 0 Å². The highest BCUT2D eigenvalue weighted by Crippen LogP contribution is 2.15. The van der Waals surface area contributed by atoms with Gasteiger partial charge in [0, 0.05) is 18.8 Å². The number of rotatable bonds is 9. The van der Waals surface area contributed by atoms with Crippen molar-refractivity contribution < 1.29 is 19.4 Å². The SMILES string of the molecule is CC(C)CCNC(=O)COC(=O)c1ccccc1NCCO. The first kappa shape index (κ1) is 18.0. The quantitative estimate of drug-likeness (QED) is 0.600. The Kier molecular flexibility index (Phi) is 7.99. The first-order valence-electron chi connectivity index (χ1n) is 7.42. The summed E-state index contributed by atoms with van der Waals surface area (Å²) in [6.07, 6.45) is 0.883. The van der Waals surface area contributed by atoms with Gasteiger partial charge in [-0.05, 0) is 24.5 Å². The monoisotopic (exact) mass is 308 g/mol. The van der Waals surface area contributed by atoms with Gasteiger partial charge >= 0.3 is 5.97 Å². The van der Waals surface area contributed by atoms with Crippen molar-refractivity contribution in [2.75, 3.05) is 31.6 Å². The minimum atomic E-state index is -0.569. The van der Waals surface area contributed by atoms with E-state index in [1.165, 1.54) is 0 Å². The molecule has 1 rings (SSSR count). The normalized spacial score (nSPS) is 10.4. The van der Waals surface area contributed by atoms with Gasteiger partial charge in [0.15, 0.2) is 6.61 Å². The molecule has 0 spiro atoms. The first-order valence-corrected chi connectivity index (χ1v) is 7.42. The molecule has 22 heavy (non-hydrogen) atoms. The number of nitrogens with one attached hydrogen (secondary N) is 2. The molecule has 3 N–H and O–H groups in total. The van der Waals surface area contributed by atoms with Crippen LogP contribution in [-0.2, 0) is 9.53 Å². The third kappa shape index (κ3) is 6.58. The fraction of sp³-hybridized carbons (Fsp3) is 0.500. The topological polar surface area (TPSA) is 87.7 Å². The molecule has 0 aliphatic rings. The van der Waals surface area contributed by atoms with E-state index in [0.29, 0.717) is 30.3 Å². The molecule has 0 atom stereocenters. The van der Waals surface area contributed by atoms with Crippen molar-refractivity contribution in [2.45, 2.75) is 20.3 Å². The number of amides is 1. The van der Waals surface area contributed by atoms with E-state index in [1.807, 2.05) is 0 Å². The first-order chi connectivity index (χ1) is 10.5.